The maximum Gasteiger partial charge on any atom is 0.274 e. The minimum Gasteiger partial charge on any atom is -0.382 e. The molecule has 1 aliphatic heterocycles. The Labute approximate surface area is 113 Å². The Bertz CT molecular complexity index is 455. The topological polar surface area (TPSA) is 72.1 Å². The lowest BCUT2D eigenvalue weighted by Gasteiger charge is -2.39. The third-order valence-corrected chi connectivity index (χ3v) is 4.67. The van der Waals surface area contributed by atoms with E-state index in [1.54, 1.807) is 0 Å². The summed E-state index contributed by atoms with van der Waals surface area (Å²) < 4.78 is 0. The van der Waals surface area contributed by atoms with Gasteiger partial charge >= 0.3 is 0 Å². The minimum atomic E-state index is -0.0136. The summed E-state index contributed by atoms with van der Waals surface area (Å²) >= 11 is 0. The quantitative estimate of drug-likeness (QED) is 0.836. The Kier molecular flexibility index (Phi) is 3.12. The molecule has 2 N–H and O–H groups in total. The first-order valence-corrected chi connectivity index (χ1v) is 7.05. The average molecular weight is 260 g/mol. The van der Waals surface area contributed by atoms with Gasteiger partial charge in [0.05, 0.1) is 12.4 Å². The van der Waals surface area contributed by atoms with Gasteiger partial charge in [-0.1, -0.05) is 12.8 Å². The van der Waals surface area contributed by atoms with Crippen LogP contribution < -0.4 is 5.73 Å². The largest absolute Gasteiger partial charge is 0.382 e. The molecule has 1 aliphatic carbocycles. The number of carbonyl (C=O) groups is 1. The number of likely N-dealkylation sites (tertiary alicyclic amines) is 1. The third-order valence-electron chi connectivity index (χ3n) is 4.67. The van der Waals surface area contributed by atoms with E-state index in [0.29, 0.717) is 16.9 Å². The summed E-state index contributed by atoms with van der Waals surface area (Å²) in [5, 5.41) is 0. The number of amides is 1. The predicted molar refractivity (Wildman–Crippen MR) is 72.5 cm³/mol. The molecule has 1 saturated carbocycles. The fraction of sp³-hybridized carbons (Fsp3) is 0.643. The maximum absolute atomic E-state index is 12.3. The van der Waals surface area contributed by atoms with Crippen LogP contribution >= 0.6 is 0 Å². The summed E-state index contributed by atoms with van der Waals surface area (Å²) in [7, 11) is 0. The highest BCUT2D eigenvalue weighted by Gasteiger charge is 2.38. The second-order valence-electron chi connectivity index (χ2n) is 5.83. The first-order chi connectivity index (χ1) is 9.19. The van der Waals surface area contributed by atoms with Gasteiger partial charge < -0.3 is 10.6 Å². The summed E-state index contributed by atoms with van der Waals surface area (Å²) in [6.07, 6.45) is 10.6. The van der Waals surface area contributed by atoms with Crippen LogP contribution in [0.25, 0.3) is 0 Å². The van der Waals surface area contributed by atoms with Crippen molar-refractivity contribution in [3.8, 4) is 0 Å². The molecule has 5 nitrogen and oxygen atoms in total. The Hall–Kier alpha value is -1.65. The lowest BCUT2D eigenvalue weighted by Crippen LogP contribution is -2.42. The van der Waals surface area contributed by atoms with Crippen LogP contribution in [-0.4, -0.2) is 33.9 Å². The summed E-state index contributed by atoms with van der Waals surface area (Å²) in [6, 6.07) is 0. The minimum absolute atomic E-state index is 0.0136. The van der Waals surface area contributed by atoms with Crippen molar-refractivity contribution < 1.29 is 4.79 Å². The Morgan fingerprint density at radius 1 is 1.11 bits per heavy atom. The highest BCUT2D eigenvalue weighted by atomic mass is 16.2. The highest BCUT2D eigenvalue weighted by molar-refractivity contribution is 5.92. The molecule has 2 heterocycles. The number of rotatable bonds is 1. The second-order valence-corrected chi connectivity index (χ2v) is 5.83. The summed E-state index contributed by atoms with van der Waals surface area (Å²) in [4.78, 5) is 22.2. The van der Waals surface area contributed by atoms with Crippen LogP contribution in [0.4, 0.5) is 5.82 Å². The lowest BCUT2D eigenvalue weighted by atomic mass is 9.77. The highest BCUT2D eigenvalue weighted by Crippen LogP contribution is 2.46. The van der Waals surface area contributed by atoms with Crippen molar-refractivity contribution in [2.24, 2.45) is 5.41 Å². The number of nitrogens with zero attached hydrogens (tertiary/aromatic N) is 3. The zero-order valence-electron chi connectivity index (χ0n) is 11.1. The molecule has 2 fully saturated rings. The van der Waals surface area contributed by atoms with Crippen molar-refractivity contribution in [1.29, 1.82) is 0 Å². The molecule has 1 aromatic heterocycles. The lowest BCUT2D eigenvalue weighted by molar-refractivity contribution is 0.0581. The molecule has 0 radical (unpaired) electrons. The molecule has 2 aliphatic rings. The first kappa shape index (κ1) is 12.4. The van der Waals surface area contributed by atoms with E-state index in [9.17, 15) is 4.79 Å². The SMILES string of the molecule is Nc1cnc(C(=O)N2CCC3(CCCC3)CC2)cn1. The van der Waals surface area contributed by atoms with Crippen molar-refractivity contribution in [3.05, 3.63) is 18.1 Å². The Balaban J connectivity index is 1.64. The van der Waals surface area contributed by atoms with Crippen molar-refractivity contribution in [2.75, 3.05) is 18.8 Å². The fourth-order valence-corrected chi connectivity index (χ4v) is 3.42. The molecular weight excluding hydrogens is 240 g/mol. The molecule has 102 valence electrons. The second kappa shape index (κ2) is 4.79. The molecule has 0 bridgehead atoms. The number of carbonyl (C=O) groups excluding carboxylic acids is 1. The van der Waals surface area contributed by atoms with Gasteiger partial charge in [-0.05, 0) is 31.1 Å². The van der Waals surface area contributed by atoms with Gasteiger partial charge in [0.15, 0.2) is 0 Å². The molecule has 1 aromatic rings. The molecule has 1 amide bonds. The summed E-state index contributed by atoms with van der Waals surface area (Å²) in [5.41, 5.74) is 6.42. The molecule has 1 saturated heterocycles. The normalized spacial score (nSPS) is 21.8. The van der Waals surface area contributed by atoms with Gasteiger partial charge in [0.1, 0.15) is 11.5 Å². The van der Waals surface area contributed by atoms with Crippen LogP contribution in [0, 0.1) is 5.41 Å². The monoisotopic (exact) mass is 260 g/mol. The number of anilines is 1. The number of piperidine rings is 1. The molecule has 0 aromatic carbocycles. The van der Waals surface area contributed by atoms with E-state index in [1.807, 2.05) is 4.90 Å². The standard InChI is InChI=1S/C14H20N4O/c15-12-10-16-11(9-17-12)13(19)18-7-5-14(6-8-18)3-1-2-4-14/h9-10H,1-8H2,(H2,15,17). The molecule has 1 spiro atoms. The van der Waals surface area contributed by atoms with E-state index in [-0.39, 0.29) is 5.91 Å². The van der Waals surface area contributed by atoms with Crippen LogP contribution in [0.1, 0.15) is 49.0 Å². The van der Waals surface area contributed by atoms with Gasteiger partial charge in [-0.15, -0.1) is 0 Å². The van der Waals surface area contributed by atoms with Crippen LogP contribution in [-0.2, 0) is 0 Å². The number of hydrogen-bond donors (Lipinski definition) is 1. The third kappa shape index (κ3) is 2.41. The van der Waals surface area contributed by atoms with Crippen LogP contribution in [0.2, 0.25) is 0 Å². The number of nitrogens with two attached hydrogens (primary N) is 1. The van der Waals surface area contributed by atoms with Crippen molar-refractivity contribution in [3.63, 3.8) is 0 Å². The van der Waals surface area contributed by atoms with Crippen molar-refractivity contribution in [1.82, 2.24) is 14.9 Å². The van der Waals surface area contributed by atoms with Gasteiger partial charge in [0.2, 0.25) is 0 Å². The number of hydrogen-bond acceptors (Lipinski definition) is 4. The Morgan fingerprint density at radius 2 is 1.79 bits per heavy atom. The van der Waals surface area contributed by atoms with E-state index < -0.39 is 0 Å². The van der Waals surface area contributed by atoms with E-state index in [1.165, 1.54) is 38.1 Å². The van der Waals surface area contributed by atoms with E-state index in [2.05, 4.69) is 9.97 Å². The van der Waals surface area contributed by atoms with Crippen LogP contribution in [0.5, 0.6) is 0 Å². The van der Waals surface area contributed by atoms with Gasteiger partial charge in [-0.25, -0.2) is 9.97 Å². The van der Waals surface area contributed by atoms with Crippen molar-refractivity contribution in [2.45, 2.75) is 38.5 Å². The van der Waals surface area contributed by atoms with Crippen molar-refractivity contribution >= 4 is 11.7 Å². The summed E-state index contributed by atoms with van der Waals surface area (Å²) in [5.74, 6) is 0.334. The van der Waals surface area contributed by atoms with E-state index in [4.69, 9.17) is 5.73 Å². The number of nitrogen functional groups attached to an aromatic ring is 1. The average Bonchev–Trinajstić information content (AvgIpc) is 2.88. The van der Waals surface area contributed by atoms with Crippen LogP contribution in [0.3, 0.4) is 0 Å². The molecule has 3 rings (SSSR count). The number of aromatic nitrogens is 2. The zero-order valence-corrected chi connectivity index (χ0v) is 11.1. The van der Waals surface area contributed by atoms with Gasteiger partial charge in [-0.2, -0.15) is 0 Å². The van der Waals surface area contributed by atoms with Gasteiger partial charge in [0.25, 0.3) is 5.91 Å². The first-order valence-electron chi connectivity index (χ1n) is 7.05. The molecular formula is C14H20N4O. The molecule has 0 unspecified atom stereocenters. The predicted octanol–water partition coefficient (Wildman–Crippen LogP) is 1.86. The molecule has 5 heteroatoms. The van der Waals surface area contributed by atoms with Gasteiger partial charge in [-0.3, -0.25) is 4.79 Å². The summed E-state index contributed by atoms with van der Waals surface area (Å²) in [6.45, 7) is 1.70. The van der Waals surface area contributed by atoms with E-state index in [0.717, 1.165) is 25.9 Å². The molecule has 19 heavy (non-hydrogen) atoms. The zero-order chi connectivity index (χ0) is 13.3. The maximum atomic E-state index is 12.3. The van der Waals surface area contributed by atoms with Crippen LogP contribution in [0.15, 0.2) is 12.4 Å². The fourth-order valence-electron chi connectivity index (χ4n) is 3.42. The van der Waals surface area contributed by atoms with E-state index >= 15 is 0 Å². The Morgan fingerprint density at radius 3 is 2.37 bits per heavy atom. The van der Waals surface area contributed by atoms with Gasteiger partial charge in [0, 0.05) is 13.1 Å². The smallest absolute Gasteiger partial charge is 0.274 e. The molecule has 0 atom stereocenters.